The second kappa shape index (κ2) is 7.85. The number of aliphatic carboxylic acids is 1. The third-order valence-corrected chi connectivity index (χ3v) is 3.81. The third-order valence-electron chi connectivity index (χ3n) is 2.73. The lowest BCUT2D eigenvalue weighted by Crippen LogP contribution is -2.30. The molecule has 1 N–H and O–H groups in total. The van der Waals surface area contributed by atoms with Crippen molar-refractivity contribution in [2.24, 2.45) is 0 Å². The highest BCUT2D eigenvalue weighted by Crippen LogP contribution is 2.18. The normalized spacial score (nSPS) is 10.3. The lowest BCUT2D eigenvalue weighted by Gasteiger charge is -2.21. The summed E-state index contributed by atoms with van der Waals surface area (Å²) in [4.78, 5) is 16.8. The van der Waals surface area contributed by atoms with E-state index in [0.717, 1.165) is 10.9 Å². The molecular weight excluding hydrogens is 312 g/mol. The number of anilines is 1. The van der Waals surface area contributed by atoms with Crippen LogP contribution in [0.1, 0.15) is 6.42 Å². The molecule has 0 atom stereocenters. The van der Waals surface area contributed by atoms with Crippen LogP contribution >= 0.6 is 22.9 Å². The average molecular weight is 327 g/mol. The Balaban J connectivity index is 1.86. The molecule has 0 spiro atoms. The largest absolute Gasteiger partial charge is 0.492 e. The van der Waals surface area contributed by atoms with Crippen molar-refractivity contribution in [1.29, 1.82) is 0 Å². The van der Waals surface area contributed by atoms with Crippen LogP contribution in [-0.2, 0) is 4.79 Å². The van der Waals surface area contributed by atoms with Crippen molar-refractivity contribution in [2.45, 2.75) is 6.42 Å². The molecule has 0 aliphatic carbocycles. The highest BCUT2D eigenvalue weighted by Gasteiger charge is 2.11. The molecule has 0 saturated carbocycles. The standard InChI is InChI=1S/C14H15ClN2O3S/c15-11-1-3-12(4-2-11)20-9-8-17(7-5-13(18)19)14-16-6-10-21-14/h1-4,6,10H,5,7-9H2,(H,18,19). The number of benzene rings is 1. The van der Waals surface area contributed by atoms with E-state index in [9.17, 15) is 4.79 Å². The van der Waals surface area contributed by atoms with E-state index < -0.39 is 5.97 Å². The van der Waals surface area contributed by atoms with Crippen LogP contribution in [0.3, 0.4) is 0 Å². The molecule has 0 saturated heterocycles. The van der Waals surface area contributed by atoms with Crippen LogP contribution in [0.4, 0.5) is 5.13 Å². The van der Waals surface area contributed by atoms with Crippen molar-refractivity contribution in [3.63, 3.8) is 0 Å². The topological polar surface area (TPSA) is 62.7 Å². The summed E-state index contributed by atoms with van der Waals surface area (Å²) in [5.74, 6) is -0.0908. The van der Waals surface area contributed by atoms with Gasteiger partial charge in [0.25, 0.3) is 0 Å². The van der Waals surface area contributed by atoms with Gasteiger partial charge in [-0.25, -0.2) is 4.98 Å². The summed E-state index contributed by atoms with van der Waals surface area (Å²) in [5, 5.41) is 12.1. The van der Waals surface area contributed by atoms with Crippen molar-refractivity contribution in [1.82, 2.24) is 4.98 Å². The van der Waals surface area contributed by atoms with Gasteiger partial charge in [0, 0.05) is 23.1 Å². The Bertz CT molecular complexity index is 560. The zero-order chi connectivity index (χ0) is 15.1. The summed E-state index contributed by atoms with van der Waals surface area (Å²) in [7, 11) is 0. The van der Waals surface area contributed by atoms with Crippen LogP contribution in [0.25, 0.3) is 0 Å². The van der Waals surface area contributed by atoms with E-state index in [1.54, 1.807) is 30.5 Å². The number of carbonyl (C=O) groups is 1. The molecule has 1 aromatic carbocycles. The molecule has 0 aliphatic heterocycles. The summed E-state index contributed by atoms with van der Waals surface area (Å²) in [5.41, 5.74) is 0. The van der Waals surface area contributed by atoms with Gasteiger partial charge in [0.2, 0.25) is 0 Å². The van der Waals surface area contributed by atoms with Gasteiger partial charge in [-0.3, -0.25) is 4.79 Å². The van der Waals surface area contributed by atoms with Crippen molar-refractivity contribution in [3.8, 4) is 5.75 Å². The number of rotatable bonds is 8. The number of nitrogens with zero attached hydrogens (tertiary/aromatic N) is 2. The number of hydrogen-bond acceptors (Lipinski definition) is 5. The number of aromatic nitrogens is 1. The van der Waals surface area contributed by atoms with Crippen molar-refractivity contribution >= 4 is 34.0 Å². The first kappa shape index (κ1) is 15.6. The Kier molecular flexibility index (Phi) is 5.83. The minimum Gasteiger partial charge on any atom is -0.492 e. The zero-order valence-electron chi connectivity index (χ0n) is 11.2. The van der Waals surface area contributed by atoms with E-state index in [-0.39, 0.29) is 6.42 Å². The summed E-state index contributed by atoms with van der Waals surface area (Å²) in [6, 6.07) is 7.13. The minimum absolute atomic E-state index is 0.0700. The van der Waals surface area contributed by atoms with Gasteiger partial charge < -0.3 is 14.7 Å². The molecule has 0 amide bonds. The number of thiazole rings is 1. The molecule has 0 aliphatic rings. The average Bonchev–Trinajstić information content (AvgIpc) is 2.98. The Labute approximate surface area is 131 Å². The number of carboxylic acid groups (broad SMARTS) is 1. The van der Waals surface area contributed by atoms with E-state index in [2.05, 4.69) is 4.98 Å². The van der Waals surface area contributed by atoms with Gasteiger partial charge >= 0.3 is 5.97 Å². The smallest absolute Gasteiger partial charge is 0.305 e. The predicted molar refractivity (Wildman–Crippen MR) is 83.5 cm³/mol. The summed E-state index contributed by atoms with van der Waals surface area (Å²) in [6.45, 7) is 1.43. The molecule has 2 rings (SSSR count). The van der Waals surface area contributed by atoms with E-state index >= 15 is 0 Å². The molecule has 7 heteroatoms. The van der Waals surface area contributed by atoms with Gasteiger partial charge in [0.15, 0.2) is 5.13 Å². The maximum atomic E-state index is 10.7. The number of ether oxygens (including phenoxy) is 1. The van der Waals surface area contributed by atoms with E-state index in [1.807, 2.05) is 10.3 Å². The molecule has 0 bridgehead atoms. The molecule has 0 fully saturated rings. The molecule has 2 aromatic rings. The first-order valence-corrected chi connectivity index (χ1v) is 7.65. The molecule has 1 heterocycles. The van der Waals surface area contributed by atoms with Crippen LogP contribution in [0, 0.1) is 0 Å². The first-order chi connectivity index (χ1) is 10.1. The summed E-state index contributed by atoms with van der Waals surface area (Å²) in [6.07, 6.45) is 1.77. The molecular formula is C14H15ClN2O3S. The highest BCUT2D eigenvalue weighted by atomic mass is 35.5. The minimum atomic E-state index is -0.824. The number of hydrogen-bond donors (Lipinski definition) is 1. The first-order valence-electron chi connectivity index (χ1n) is 6.40. The van der Waals surface area contributed by atoms with Gasteiger partial charge in [0.05, 0.1) is 13.0 Å². The van der Waals surface area contributed by atoms with E-state index in [4.69, 9.17) is 21.4 Å². The van der Waals surface area contributed by atoms with Crippen molar-refractivity contribution in [2.75, 3.05) is 24.6 Å². The maximum Gasteiger partial charge on any atom is 0.305 e. The van der Waals surface area contributed by atoms with Gasteiger partial charge in [-0.15, -0.1) is 11.3 Å². The predicted octanol–water partition coefficient (Wildman–Crippen LogP) is 3.16. The quantitative estimate of drug-likeness (QED) is 0.807. The monoisotopic (exact) mass is 326 g/mol. The van der Waals surface area contributed by atoms with Crippen LogP contribution in [0.5, 0.6) is 5.75 Å². The SMILES string of the molecule is O=C(O)CCN(CCOc1ccc(Cl)cc1)c1nccs1. The second-order valence-electron chi connectivity index (χ2n) is 4.25. The Morgan fingerprint density at radius 1 is 1.33 bits per heavy atom. The van der Waals surface area contributed by atoms with Gasteiger partial charge in [-0.2, -0.15) is 0 Å². The third kappa shape index (κ3) is 5.24. The van der Waals surface area contributed by atoms with Crippen molar-refractivity contribution in [3.05, 3.63) is 40.9 Å². The Morgan fingerprint density at radius 3 is 2.71 bits per heavy atom. The molecule has 0 unspecified atom stereocenters. The zero-order valence-corrected chi connectivity index (χ0v) is 12.8. The second-order valence-corrected chi connectivity index (χ2v) is 5.56. The fourth-order valence-corrected chi connectivity index (χ4v) is 2.53. The molecule has 21 heavy (non-hydrogen) atoms. The Hall–Kier alpha value is -1.79. The van der Waals surface area contributed by atoms with E-state index in [1.165, 1.54) is 11.3 Å². The van der Waals surface area contributed by atoms with Crippen LogP contribution < -0.4 is 9.64 Å². The highest BCUT2D eigenvalue weighted by molar-refractivity contribution is 7.13. The maximum absolute atomic E-state index is 10.7. The summed E-state index contributed by atoms with van der Waals surface area (Å²) >= 11 is 7.29. The fourth-order valence-electron chi connectivity index (χ4n) is 1.71. The molecule has 112 valence electrons. The molecule has 1 aromatic heterocycles. The number of carboxylic acids is 1. The molecule has 0 radical (unpaired) electrons. The number of halogens is 1. The van der Waals surface area contributed by atoms with Crippen LogP contribution in [-0.4, -0.2) is 35.8 Å². The van der Waals surface area contributed by atoms with Gasteiger partial charge in [0.1, 0.15) is 12.4 Å². The fraction of sp³-hybridized carbons (Fsp3) is 0.286. The van der Waals surface area contributed by atoms with Gasteiger partial charge in [-0.05, 0) is 24.3 Å². The van der Waals surface area contributed by atoms with Crippen molar-refractivity contribution < 1.29 is 14.6 Å². The Morgan fingerprint density at radius 2 is 2.10 bits per heavy atom. The van der Waals surface area contributed by atoms with Crippen LogP contribution in [0.15, 0.2) is 35.8 Å². The summed E-state index contributed by atoms with van der Waals surface area (Å²) < 4.78 is 5.63. The van der Waals surface area contributed by atoms with Crippen LogP contribution in [0.2, 0.25) is 5.02 Å². The lowest BCUT2D eigenvalue weighted by atomic mass is 10.3. The lowest BCUT2D eigenvalue weighted by molar-refractivity contribution is -0.136. The van der Waals surface area contributed by atoms with Gasteiger partial charge in [-0.1, -0.05) is 11.6 Å². The van der Waals surface area contributed by atoms with E-state index in [0.29, 0.717) is 24.7 Å². The molecule has 5 nitrogen and oxygen atoms in total.